The molecule has 0 saturated heterocycles. The summed E-state index contributed by atoms with van der Waals surface area (Å²) in [5.74, 6) is 4.44. The van der Waals surface area contributed by atoms with Crippen LogP contribution < -0.4 is 16.0 Å². The second-order valence-electron chi connectivity index (χ2n) is 1.92. The van der Waals surface area contributed by atoms with Crippen molar-refractivity contribution >= 4 is 5.95 Å². The number of halogens is 1. The lowest BCUT2D eigenvalue weighted by Crippen LogP contribution is -2.11. The third-order valence-electron chi connectivity index (χ3n) is 1.12. The maximum atomic E-state index is 12.8. The minimum absolute atomic E-state index is 0.0968. The molecule has 0 bridgehead atoms. The van der Waals surface area contributed by atoms with Gasteiger partial charge in [0.1, 0.15) is 0 Å². The Balaban J connectivity index is 2.91. The molecule has 66 valence electrons. The second-order valence-corrected chi connectivity index (χ2v) is 1.92. The Morgan fingerprint density at radius 3 is 3.08 bits per heavy atom. The largest absolute Gasteiger partial charge is 0.476 e. The normalized spacial score (nSPS) is 9.58. The van der Waals surface area contributed by atoms with Crippen LogP contribution in [0, 0.1) is 5.82 Å². The topological polar surface area (TPSA) is 73.1 Å². The molecule has 5 nitrogen and oxygen atoms in total. The Bertz CT molecular complexity index is 268. The number of hydrogen-bond donors (Lipinski definition) is 2. The van der Waals surface area contributed by atoms with Gasteiger partial charge in [-0.25, -0.2) is 10.8 Å². The summed E-state index contributed by atoms with van der Waals surface area (Å²) in [7, 11) is 0. The number of aromatic nitrogens is 2. The second kappa shape index (κ2) is 3.82. The summed E-state index contributed by atoms with van der Waals surface area (Å²) in [6.45, 7) is 2.08. The zero-order valence-electron chi connectivity index (χ0n) is 6.54. The van der Waals surface area contributed by atoms with Crippen LogP contribution in [-0.4, -0.2) is 16.6 Å². The summed E-state index contributed by atoms with van der Waals surface area (Å²) in [5, 5.41) is 0. The molecule has 0 saturated carbocycles. The predicted octanol–water partition coefficient (Wildman–Crippen LogP) is 0.300. The van der Waals surface area contributed by atoms with E-state index in [4.69, 9.17) is 10.6 Å². The van der Waals surface area contributed by atoms with Crippen molar-refractivity contribution in [2.24, 2.45) is 5.84 Å². The molecule has 0 aromatic carbocycles. The van der Waals surface area contributed by atoms with E-state index in [1.807, 2.05) is 0 Å². The Morgan fingerprint density at radius 1 is 1.75 bits per heavy atom. The number of nitrogens with two attached hydrogens (primary N) is 1. The number of nitrogens with one attached hydrogen (secondary N) is 1. The molecule has 3 N–H and O–H groups in total. The van der Waals surface area contributed by atoms with Gasteiger partial charge in [0.15, 0.2) is 0 Å². The molecule has 0 unspecified atom stereocenters. The number of hydrazine groups is 1. The Morgan fingerprint density at radius 2 is 2.50 bits per heavy atom. The van der Waals surface area contributed by atoms with Crippen molar-refractivity contribution in [1.29, 1.82) is 0 Å². The van der Waals surface area contributed by atoms with Gasteiger partial charge < -0.3 is 4.74 Å². The van der Waals surface area contributed by atoms with Crippen molar-refractivity contribution in [3.63, 3.8) is 0 Å². The van der Waals surface area contributed by atoms with E-state index in [9.17, 15) is 4.39 Å². The van der Waals surface area contributed by atoms with E-state index in [1.165, 1.54) is 0 Å². The van der Waals surface area contributed by atoms with Gasteiger partial charge in [-0.15, -0.1) is 0 Å². The SMILES string of the molecule is CCOc1nc(NN)ncc1F. The van der Waals surface area contributed by atoms with Crippen LogP contribution in [0.3, 0.4) is 0 Å². The van der Waals surface area contributed by atoms with Crippen LogP contribution in [0.15, 0.2) is 6.20 Å². The molecule has 0 atom stereocenters. The third kappa shape index (κ3) is 1.79. The van der Waals surface area contributed by atoms with Gasteiger partial charge in [-0.1, -0.05) is 0 Å². The number of ether oxygens (including phenoxy) is 1. The molecule has 1 aromatic heterocycles. The molecule has 1 heterocycles. The molecule has 1 rings (SSSR count). The third-order valence-corrected chi connectivity index (χ3v) is 1.12. The van der Waals surface area contributed by atoms with Crippen LogP contribution in [0.5, 0.6) is 5.88 Å². The molecular weight excluding hydrogens is 163 g/mol. The minimum atomic E-state index is -0.601. The summed E-state index contributed by atoms with van der Waals surface area (Å²) in [4.78, 5) is 7.17. The summed E-state index contributed by atoms with van der Waals surface area (Å²) < 4.78 is 17.6. The molecule has 0 spiro atoms. The van der Waals surface area contributed by atoms with E-state index in [1.54, 1.807) is 6.92 Å². The standard InChI is InChI=1S/C6H9FN4O/c1-2-12-5-4(7)3-9-6(10-5)11-8/h3H,2,8H2,1H3,(H,9,10,11). The number of nitrogen functional groups attached to an aromatic ring is 1. The van der Waals surface area contributed by atoms with Crippen LogP contribution in [0.1, 0.15) is 6.92 Å². The predicted molar refractivity (Wildman–Crippen MR) is 41.0 cm³/mol. The molecular formula is C6H9FN4O. The first kappa shape index (κ1) is 8.66. The maximum absolute atomic E-state index is 12.8. The molecule has 1 aromatic rings. The van der Waals surface area contributed by atoms with Crippen molar-refractivity contribution < 1.29 is 9.13 Å². The van der Waals surface area contributed by atoms with Crippen molar-refractivity contribution in [1.82, 2.24) is 9.97 Å². The van der Waals surface area contributed by atoms with E-state index in [0.717, 1.165) is 6.20 Å². The molecule has 0 fully saturated rings. The van der Waals surface area contributed by atoms with Crippen molar-refractivity contribution in [3.8, 4) is 5.88 Å². The monoisotopic (exact) mass is 172 g/mol. The maximum Gasteiger partial charge on any atom is 0.255 e. The molecule has 0 radical (unpaired) electrons. The lowest BCUT2D eigenvalue weighted by atomic mass is 10.6. The summed E-state index contributed by atoms with van der Waals surface area (Å²) >= 11 is 0. The summed E-state index contributed by atoms with van der Waals surface area (Å²) in [6.07, 6.45) is 0.993. The Kier molecular flexibility index (Phi) is 2.76. The van der Waals surface area contributed by atoms with Gasteiger partial charge in [0.05, 0.1) is 12.8 Å². The average Bonchev–Trinajstić information content (AvgIpc) is 2.09. The fourth-order valence-corrected chi connectivity index (χ4v) is 0.659. The number of nitrogens with zero attached hydrogens (tertiary/aromatic N) is 2. The lowest BCUT2D eigenvalue weighted by molar-refractivity contribution is 0.306. The fraction of sp³-hybridized carbons (Fsp3) is 0.333. The van der Waals surface area contributed by atoms with Gasteiger partial charge in [0.25, 0.3) is 5.88 Å². The zero-order chi connectivity index (χ0) is 8.97. The molecule has 0 aliphatic rings. The van der Waals surface area contributed by atoms with Crippen molar-refractivity contribution in [2.45, 2.75) is 6.92 Å². The van der Waals surface area contributed by atoms with E-state index in [-0.39, 0.29) is 11.8 Å². The van der Waals surface area contributed by atoms with Gasteiger partial charge in [-0.05, 0) is 6.92 Å². The van der Waals surface area contributed by atoms with E-state index in [2.05, 4.69) is 15.4 Å². The quantitative estimate of drug-likeness (QED) is 0.506. The van der Waals surface area contributed by atoms with Gasteiger partial charge in [0, 0.05) is 0 Å². The first-order chi connectivity index (χ1) is 5.77. The number of rotatable bonds is 3. The zero-order valence-corrected chi connectivity index (χ0v) is 6.54. The van der Waals surface area contributed by atoms with Crippen LogP contribution >= 0.6 is 0 Å². The van der Waals surface area contributed by atoms with Crippen LogP contribution in [0.4, 0.5) is 10.3 Å². The van der Waals surface area contributed by atoms with Crippen LogP contribution in [0.25, 0.3) is 0 Å². The van der Waals surface area contributed by atoms with E-state index < -0.39 is 5.82 Å². The number of hydrogen-bond acceptors (Lipinski definition) is 5. The highest BCUT2D eigenvalue weighted by molar-refractivity contribution is 5.26. The van der Waals surface area contributed by atoms with Gasteiger partial charge in [0.2, 0.25) is 11.8 Å². The molecule has 0 aliphatic heterocycles. The Hall–Kier alpha value is -1.43. The van der Waals surface area contributed by atoms with Crippen molar-refractivity contribution in [2.75, 3.05) is 12.0 Å². The molecule has 12 heavy (non-hydrogen) atoms. The van der Waals surface area contributed by atoms with Crippen LogP contribution in [-0.2, 0) is 0 Å². The highest BCUT2D eigenvalue weighted by Gasteiger charge is 2.05. The molecule has 6 heteroatoms. The first-order valence-electron chi connectivity index (χ1n) is 3.40. The minimum Gasteiger partial charge on any atom is -0.476 e. The first-order valence-corrected chi connectivity index (χ1v) is 3.40. The molecule has 0 aliphatic carbocycles. The highest BCUT2D eigenvalue weighted by atomic mass is 19.1. The van der Waals surface area contributed by atoms with Gasteiger partial charge >= 0.3 is 0 Å². The average molecular weight is 172 g/mol. The van der Waals surface area contributed by atoms with Gasteiger partial charge in [-0.2, -0.15) is 9.37 Å². The van der Waals surface area contributed by atoms with Crippen molar-refractivity contribution in [3.05, 3.63) is 12.0 Å². The summed E-state index contributed by atoms with van der Waals surface area (Å²) in [6, 6.07) is 0. The van der Waals surface area contributed by atoms with Gasteiger partial charge in [-0.3, -0.25) is 5.43 Å². The fourth-order valence-electron chi connectivity index (χ4n) is 0.659. The van der Waals surface area contributed by atoms with E-state index in [0.29, 0.717) is 6.61 Å². The summed E-state index contributed by atoms with van der Waals surface area (Å²) in [5.41, 5.74) is 2.18. The smallest absolute Gasteiger partial charge is 0.255 e. The van der Waals surface area contributed by atoms with Crippen LogP contribution in [0.2, 0.25) is 0 Å². The number of anilines is 1. The van der Waals surface area contributed by atoms with E-state index >= 15 is 0 Å². The Labute approximate surface area is 68.7 Å². The highest BCUT2D eigenvalue weighted by Crippen LogP contribution is 2.13. The lowest BCUT2D eigenvalue weighted by Gasteiger charge is -2.03. The molecule has 0 amide bonds.